The van der Waals surface area contributed by atoms with Crippen molar-refractivity contribution in [2.75, 3.05) is 6.54 Å². The summed E-state index contributed by atoms with van der Waals surface area (Å²) in [4.78, 5) is 24.4. The molecule has 0 unspecified atom stereocenters. The van der Waals surface area contributed by atoms with Crippen LogP contribution in [0.4, 0.5) is 4.39 Å². The van der Waals surface area contributed by atoms with Crippen molar-refractivity contribution in [3.05, 3.63) is 65.2 Å². The van der Waals surface area contributed by atoms with Gasteiger partial charge in [0.05, 0.1) is 23.0 Å². The lowest BCUT2D eigenvalue weighted by atomic mass is 10.1. The number of aromatic nitrogens is 5. The van der Waals surface area contributed by atoms with Crippen LogP contribution in [0.3, 0.4) is 0 Å². The summed E-state index contributed by atoms with van der Waals surface area (Å²) in [6, 6.07) is 4.28. The highest BCUT2D eigenvalue weighted by Crippen LogP contribution is 2.21. The summed E-state index contributed by atoms with van der Waals surface area (Å²) >= 11 is 5.81. The zero-order valence-corrected chi connectivity index (χ0v) is 16.3. The largest absolute Gasteiger partial charge is 0.336 e. The van der Waals surface area contributed by atoms with E-state index in [1.54, 1.807) is 23.4 Å². The minimum atomic E-state index is -0.555. The molecule has 1 atom stereocenters. The number of aryl methyl sites for hydroxylation is 1. The number of hydrogen-bond acceptors (Lipinski definition) is 5. The molecular weight excluding hydrogens is 383 g/mol. The lowest BCUT2D eigenvalue weighted by molar-refractivity contribution is 0.0695. The summed E-state index contributed by atoms with van der Waals surface area (Å²) in [7, 11) is 0. The number of halogens is 2. The zero-order chi connectivity index (χ0) is 20.1. The van der Waals surface area contributed by atoms with Gasteiger partial charge < -0.3 is 4.90 Å². The molecule has 0 bridgehead atoms. The van der Waals surface area contributed by atoms with Crippen LogP contribution >= 0.6 is 11.6 Å². The molecule has 0 spiro atoms. The van der Waals surface area contributed by atoms with Crippen LogP contribution in [-0.2, 0) is 6.42 Å². The Morgan fingerprint density at radius 2 is 1.93 bits per heavy atom. The van der Waals surface area contributed by atoms with Crippen LogP contribution in [0.15, 0.2) is 43.0 Å². The molecule has 0 aliphatic carbocycles. The molecule has 2 aromatic heterocycles. The molecule has 0 N–H and O–H groups in total. The second-order valence-corrected chi connectivity index (χ2v) is 6.69. The average Bonchev–Trinajstić information content (AvgIpc) is 3.22. The third-order valence-corrected chi connectivity index (χ3v) is 4.62. The number of amides is 1. The van der Waals surface area contributed by atoms with Crippen molar-refractivity contribution in [1.29, 1.82) is 0 Å². The molecule has 1 amide bonds. The summed E-state index contributed by atoms with van der Waals surface area (Å²) < 4.78 is 14.4. The summed E-state index contributed by atoms with van der Waals surface area (Å²) in [5.74, 6) is -0.175. The Kier molecular flexibility index (Phi) is 6.30. The van der Waals surface area contributed by atoms with E-state index in [-0.39, 0.29) is 23.2 Å². The number of para-hydroxylation sites is 1. The molecule has 0 aliphatic rings. The van der Waals surface area contributed by atoms with Crippen molar-refractivity contribution >= 4 is 17.5 Å². The number of rotatable bonds is 7. The predicted octanol–water partition coefficient (Wildman–Crippen LogP) is 3.33. The minimum absolute atomic E-state index is 0.0455. The first-order valence-electron chi connectivity index (χ1n) is 8.93. The highest BCUT2D eigenvalue weighted by molar-refractivity contribution is 6.30. The van der Waals surface area contributed by atoms with Crippen LogP contribution in [0.1, 0.15) is 36.5 Å². The Labute approximate surface area is 167 Å². The molecule has 0 radical (unpaired) electrons. The van der Waals surface area contributed by atoms with Crippen molar-refractivity contribution in [3.63, 3.8) is 0 Å². The van der Waals surface area contributed by atoms with Gasteiger partial charge in [-0.2, -0.15) is 10.2 Å². The summed E-state index contributed by atoms with van der Waals surface area (Å²) in [5.41, 5.74) is 0.261. The molecule has 2 heterocycles. The molecule has 9 heteroatoms. The van der Waals surface area contributed by atoms with E-state index in [0.29, 0.717) is 30.2 Å². The van der Waals surface area contributed by atoms with Crippen LogP contribution in [0.25, 0.3) is 5.69 Å². The second kappa shape index (κ2) is 8.88. The molecule has 3 rings (SSSR count). The second-order valence-electron chi connectivity index (χ2n) is 6.25. The number of carbonyl (C=O) groups excluding carboxylic acids is 1. The lowest BCUT2D eigenvalue weighted by Crippen LogP contribution is -2.39. The van der Waals surface area contributed by atoms with E-state index in [0.717, 1.165) is 4.80 Å². The van der Waals surface area contributed by atoms with Crippen LogP contribution in [0.2, 0.25) is 5.02 Å². The number of hydrogen-bond donors (Lipinski definition) is 0. The molecule has 146 valence electrons. The van der Waals surface area contributed by atoms with Gasteiger partial charge in [-0.25, -0.2) is 14.4 Å². The third kappa shape index (κ3) is 4.33. The topological polar surface area (TPSA) is 76.8 Å². The Morgan fingerprint density at radius 3 is 2.57 bits per heavy atom. The maximum Gasteiger partial charge on any atom is 0.256 e. The van der Waals surface area contributed by atoms with Crippen molar-refractivity contribution in [2.24, 2.45) is 0 Å². The van der Waals surface area contributed by atoms with E-state index in [2.05, 4.69) is 20.2 Å². The van der Waals surface area contributed by atoms with Gasteiger partial charge in [-0.1, -0.05) is 17.7 Å². The maximum absolute atomic E-state index is 14.4. The molecule has 0 saturated heterocycles. The Morgan fingerprint density at radius 1 is 1.25 bits per heavy atom. The van der Waals surface area contributed by atoms with Crippen molar-refractivity contribution < 1.29 is 9.18 Å². The van der Waals surface area contributed by atoms with Gasteiger partial charge in [0, 0.05) is 31.4 Å². The summed E-state index contributed by atoms with van der Waals surface area (Å²) in [5, 5.41) is 8.42. The van der Waals surface area contributed by atoms with E-state index < -0.39 is 5.82 Å². The highest BCUT2D eigenvalue weighted by atomic mass is 35.5. The Bertz CT molecular complexity index is 932. The van der Waals surface area contributed by atoms with E-state index >= 15 is 0 Å². The van der Waals surface area contributed by atoms with Crippen LogP contribution in [0, 0.1) is 5.82 Å². The van der Waals surface area contributed by atoms with E-state index in [1.165, 1.54) is 24.5 Å². The van der Waals surface area contributed by atoms with Gasteiger partial charge in [-0.15, -0.1) is 4.80 Å². The molecule has 1 aromatic carbocycles. The first-order chi connectivity index (χ1) is 13.5. The van der Waals surface area contributed by atoms with Crippen LogP contribution in [-0.4, -0.2) is 48.4 Å². The van der Waals surface area contributed by atoms with Crippen molar-refractivity contribution in [1.82, 2.24) is 29.9 Å². The Balaban J connectivity index is 1.80. The van der Waals surface area contributed by atoms with Gasteiger partial charge in [-0.3, -0.25) is 4.79 Å². The van der Waals surface area contributed by atoms with Gasteiger partial charge in [0.1, 0.15) is 11.5 Å². The number of carbonyl (C=O) groups is 1. The standard InChI is InChI=1S/C19H20ClFN6O/c1-3-26(13(2)7-8-17-22-11-14(20)12-23-17)19(28)15-5-4-6-16(21)18(15)27-24-9-10-25-27/h4-6,9-13H,3,7-8H2,1-2H3/t13-/m0/s1. The quantitative estimate of drug-likeness (QED) is 0.605. The van der Waals surface area contributed by atoms with Gasteiger partial charge >= 0.3 is 0 Å². The normalized spacial score (nSPS) is 12.0. The molecule has 3 aromatic rings. The monoisotopic (exact) mass is 402 g/mol. The Hall–Kier alpha value is -2.87. The fourth-order valence-corrected chi connectivity index (χ4v) is 3.09. The minimum Gasteiger partial charge on any atom is -0.336 e. The molecule has 0 aliphatic heterocycles. The molecule has 7 nitrogen and oxygen atoms in total. The van der Waals surface area contributed by atoms with E-state index in [4.69, 9.17) is 11.6 Å². The fraction of sp³-hybridized carbons (Fsp3) is 0.316. The first kappa shape index (κ1) is 19.9. The fourth-order valence-electron chi connectivity index (χ4n) is 2.99. The summed E-state index contributed by atoms with van der Waals surface area (Å²) in [6.45, 7) is 4.31. The van der Waals surface area contributed by atoms with E-state index in [1.807, 2.05) is 13.8 Å². The number of nitrogens with zero attached hydrogens (tertiary/aromatic N) is 6. The first-order valence-corrected chi connectivity index (χ1v) is 9.31. The smallest absolute Gasteiger partial charge is 0.256 e. The average molecular weight is 403 g/mol. The third-order valence-electron chi connectivity index (χ3n) is 4.43. The van der Waals surface area contributed by atoms with Gasteiger partial charge in [0.15, 0.2) is 5.82 Å². The van der Waals surface area contributed by atoms with Crippen LogP contribution in [0.5, 0.6) is 0 Å². The SMILES string of the molecule is CCN(C(=O)c1cccc(F)c1-n1nccn1)[C@@H](C)CCc1ncc(Cl)cn1. The molecule has 0 fully saturated rings. The van der Waals surface area contributed by atoms with E-state index in [9.17, 15) is 9.18 Å². The van der Waals surface area contributed by atoms with Gasteiger partial charge in [-0.05, 0) is 32.4 Å². The highest BCUT2D eigenvalue weighted by Gasteiger charge is 2.25. The molecular formula is C19H20ClFN6O. The number of benzene rings is 1. The summed E-state index contributed by atoms with van der Waals surface area (Å²) in [6.07, 6.45) is 7.23. The van der Waals surface area contributed by atoms with Crippen molar-refractivity contribution in [2.45, 2.75) is 32.7 Å². The maximum atomic E-state index is 14.4. The van der Waals surface area contributed by atoms with Gasteiger partial charge in [0.25, 0.3) is 5.91 Å². The van der Waals surface area contributed by atoms with Crippen LogP contribution < -0.4 is 0 Å². The zero-order valence-electron chi connectivity index (χ0n) is 15.6. The molecule has 28 heavy (non-hydrogen) atoms. The predicted molar refractivity (Wildman–Crippen MR) is 103 cm³/mol. The van der Waals surface area contributed by atoms with Gasteiger partial charge in [0.2, 0.25) is 0 Å². The van der Waals surface area contributed by atoms with Crippen molar-refractivity contribution in [3.8, 4) is 5.69 Å². The lowest BCUT2D eigenvalue weighted by Gasteiger charge is -2.28. The molecule has 0 saturated carbocycles.